The van der Waals surface area contributed by atoms with E-state index in [9.17, 15) is 27.6 Å². The predicted octanol–water partition coefficient (Wildman–Crippen LogP) is 6.04. The minimum atomic E-state index is -4.78. The van der Waals surface area contributed by atoms with Crippen LogP contribution in [0.3, 0.4) is 0 Å². The first kappa shape index (κ1) is 35.2. The molecule has 2 rings (SSSR count). The van der Waals surface area contributed by atoms with Crippen LogP contribution in [-0.4, -0.2) is 53.6 Å². The van der Waals surface area contributed by atoms with Gasteiger partial charge in [-0.15, -0.1) is 0 Å². The number of hydrogen-bond donors (Lipinski definition) is 1. The van der Waals surface area contributed by atoms with Gasteiger partial charge in [0, 0.05) is 24.4 Å². The molecule has 0 bridgehead atoms. The maximum absolute atomic E-state index is 15.3. The van der Waals surface area contributed by atoms with Crippen molar-refractivity contribution < 1.29 is 36.3 Å². The molecule has 1 aliphatic rings. The van der Waals surface area contributed by atoms with Gasteiger partial charge in [-0.2, -0.15) is 13.2 Å². The monoisotopic (exact) mass is 603 g/mol. The van der Waals surface area contributed by atoms with Gasteiger partial charge in [0.15, 0.2) is 0 Å². The molecule has 1 saturated heterocycles. The maximum atomic E-state index is 15.3. The smallest absolute Gasteiger partial charge is 0.416 e. The minimum absolute atomic E-state index is 0.00291. The Kier molecular flexibility index (Phi) is 12.9. The van der Waals surface area contributed by atoms with Crippen LogP contribution in [0, 0.1) is 5.92 Å². The number of likely N-dealkylation sites (tertiary alicyclic amines) is 1. The highest BCUT2D eigenvalue weighted by molar-refractivity contribution is 5.82. The van der Waals surface area contributed by atoms with Gasteiger partial charge in [0.1, 0.15) is 17.7 Å². The Morgan fingerprint density at radius 2 is 1.76 bits per heavy atom. The lowest BCUT2D eigenvalue weighted by Crippen LogP contribution is -2.45. The van der Waals surface area contributed by atoms with Gasteiger partial charge < -0.3 is 19.5 Å². The number of nitrogens with one attached hydrogen (secondary N) is 1. The van der Waals surface area contributed by atoms with E-state index in [0.717, 1.165) is 30.3 Å². The van der Waals surface area contributed by atoms with Crippen LogP contribution in [0.15, 0.2) is 39.9 Å². The molecule has 1 N–H and O–H groups in total. The molecule has 0 aromatic carbocycles. The summed E-state index contributed by atoms with van der Waals surface area (Å²) in [7, 11) is 0. The third-order valence-electron chi connectivity index (χ3n) is 7.07. The van der Waals surface area contributed by atoms with Crippen LogP contribution in [-0.2, 0) is 26.9 Å². The Bertz CT molecular complexity index is 1230. The second-order valence-corrected chi connectivity index (χ2v) is 11.1. The zero-order valence-corrected chi connectivity index (χ0v) is 25.2. The van der Waals surface area contributed by atoms with Gasteiger partial charge in [-0.05, 0) is 76.6 Å². The Morgan fingerprint density at radius 1 is 1.12 bits per heavy atom. The van der Waals surface area contributed by atoms with Gasteiger partial charge in [-0.25, -0.2) is 8.78 Å². The summed E-state index contributed by atoms with van der Waals surface area (Å²) in [5.41, 5.74) is -2.64. The number of carbonyl (C=O) groups is 2. The first-order chi connectivity index (χ1) is 19.6. The fraction of sp³-hybridized carbons (Fsp3) is 0.633. The van der Waals surface area contributed by atoms with Gasteiger partial charge >= 0.3 is 12.1 Å². The van der Waals surface area contributed by atoms with Crippen molar-refractivity contribution in [2.24, 2.45) is 5.92 Å². The molecule has 1 aromatic heterocycles. The van der Waals surface area contributed by atoms with Crippen LogP contribution in [0.2, 0.25) is 0 Å². The summed E-state index contributed by atoms with van der Waals surface area (Å²) in [4.78, 5) is 41.2. The van der Waals surface area contributed by atoms with E-state index < -0.39 is 64.9 Å². The van der Waals surface area contributed by atoms with Crippen molar-refractivity contribution in [3.05, 3.63) is 56.5 Å². The summed E-state index contributed by atoms with van der Waals surface area (Å²) in [6.07, 6.45) is -3.52. The molecule has 42 heavy (non-hydrogen) atoms. The number of esters is 1. The van der Waals surface area contributed by atoms with Crippen LogP contribution < -0.4 is 10.9 Å². The Morgan fingerprint density at radius 3 is 2.24 bits per heavy atom. The van der Waals surface area contributed by atoms with Crippen LogP contribution in [0.25, 0.3) is 0 Å². The highest BCUT2D eigenvalue weighted by Crippen LogP contribution is 2.33. The molecule has 12 heteroatoms. The van der Waals surface area contributed by atoms with E-state index in [4.69, 9.17) is 4.74 Å². The van der Waals surface area contributed by atoms with E-state index >= 15 is 8.78 Å². The molecule has 0 spiro atoms. The van der Waals surface area contributed by atoms with Crippen LogP contribution >= 0.6 is 0 Å². The van der Waals surface area contributed by atoms with Crippen LogP contribution in [0.4, 0.5) is 22.0 Å². The number of allylic oxidation sites excluding steroid dienone is 2. The summed E-state index contributed by atoms with van der Waals surface area (Å²) in [5, 5.41) is 2.52. The fourth-order valence-corrected chi connectivity index (χ4v) is 4.78. The van der Waals surface area contributed by atoms with E-state index in [1.807, 2.05) is 4.90 Å². The second-order valence-electron chi connectivity index (χ2n) is 11.1. The zero-order valence-electron chi connectivity index (χ0n) is 25.2. The summed E-state index contributed by atoms with van der Waals surface area (Å²) >= 11 is 0. The van der Waals surface area contributed by atoms with Gasteiger partial charge in [0.2, 0.25) is 5.91 Å². The van der Waals surface area contributed by atoms with E-state index in [1.165, 1.54) is 20.8 Å². The third-order valence-corrected chi connectivity index (χ3v) is 7.07. The molecule has 2 atom stereocenters. The molecule has 7 nitrogen and oxygen atoms in total. The molecular formula is C30H42F5N3O4. The largest absolute Gasteiger partial charge is 0.466 e. The molecule has 1 aromatic rings. The topological polar surface area (TPSA) is 80.6 Å². The van der Waals surface area contributed by atoms with Gasteiger partial charge in [-0.3, -0.25) is 14.4 Å². The molecule has 1 aliphatic heterocycles. The summed E-state index contributed by atoms with van der Waals surface area (Å²) < 4.78 is 77.9. The number of halogens is 5. The molecule has 0 aliphatic carbocycles. The first-order valence-electron chi connectivity index (χ1n) is 14.3. The number of amides is 1. The molecule has 1 unspecified atom stereocenters. The van der Waals surface area contributed by atoms with Crippen molar-refractivity contribution in [1.82, 2.24) is 14.8 Å². The van der Waals surface area contributed by atoms with Gasteiger partial charge in [0.05, 0.1) is 24.6 Å². The van der Waals surface area contributed by atoms with Gasteiger partial charge in [0.25, 0.3) is 5.56 Å². The van der Waals surface area contributed by atoms with Crippen LogP contribution in [0.5, 0.6) is 0 Å². The predicted molar refractivity (Wildman–Crippen MR) is 150 cm³/mol. The van der Waals surface area contributed by atoms with Crippen molar-refractivity contribution in [3.8, 4) is 0 Å². The lowest BCUT2D eigenvalue weighted by atomic mass is 9.96. The molecule has 0 radical (unpaired) electrons. The van der Waals surface area contributed by atoms with E-state index in [1.54, 1.807) is 20.8 Å². The number of carbonyl (C=O) groups excluding carboxylic acids is 2. The van der Waals surface area contributed by atoms with Crippen molar-refractivity contribution >= 4 is 11.9 Å². The molecule has 2 heterocycles. The Balaban J connectivity index is 2.61. The number of nitrogens with zero attached hydrogens (tertiary/aromatic N) is 2. The van der Waals surface area contributed by atoms with Crippen molar-refractivity contribution in [2.45, 2.75) is 91.9 Å². The van der Waals surface area contributed by atoms with Crippen molar-refractivity contribution in [3.63, 3.8) is 0 Å². The third kappa shape index (κ3) is 9.50. The second kappa shape index (κ2) is 15.5. The minimum Gasteiger partial charge on any atom is -0.466 e. The molecule has 1 amide bonds. The zero-order chi connectivity index (χ0) is 31.8. The average molecular weight is 604 g/mol. The molecular weight excluding hydrogens is 561 g/mol. The number of rotatable bonds is 14. The van der Waals surface area contributed by atoms with Crippen molar-refractivity contribution in [2.75, 3.05) is 26.2 Å². The number of alkyl halides is 3. The maximum Gasteiger partial charge on any atom is 0.416 e. The molecule has 0 saturated carbocycles. The number of aromatic nitrogens is 1. The van der Waals surface area contributed by atoms with E-state index in [0.29, 0.717) is 12.6 Å². The summed E-state index contributed by atoms with van der Waals surface area (Å²) in [5.74, 6) is -3.70. The molecule has 1 fully saturated rings. The highest BCUT2D eigenvalue weighted by Gasteiger charge is 2.36. The number of hydrogen-bond acceptors (Lipinski definition) is 5. The average Bonchev–Trinajstić information content (AvgIpc) is 2.86. The van der Waals surface area contributed by atoms with Crippen molar-refractivity contribution in [1.29, 1.82) is 0 Å². The Labute approximate surface area is 243 Å². The normalized spacial score (nSPS) is 15.9. The van der Waals surface area contributed by atoms with Gasteiger partial charge in [-0.1, -0.05) is 20.8 Å². The first-order valence-corrected chi connectivity index (χ1v) is 14.3. The Hall–Kier alpha value is -3.02. The molecule has 236 valence electrons. The quantitative estimate of drug-likeness (QED) is 0.159. The lowest BCUT2D eigenvalue weighted by Gasteiger charge is -2.31. The van der Waals surface area contributed by atoms with E-state index in [2.05, 4.69) is 5.32 Å². The highest BCUT2D eigenvalue weighted by atomic mass is 19.4. The lowest BCUT2D eigenvalue weighted by molar-refractivity contribution is -0.143. The van der Waals surface area contributed by atoms with E-state index in [-0.39, 0.29) is 42.9 Å². The summed E-state index contributed by atoms with van der Waals surface area (Å²) in [6.45, 7) is 11.2. The number of pyridine rings is 1. The summed E-state index contributed by atoms with van der Waals surface area (Å²) in [6, 6.07) is -2.31. The number of ether oxygens (including phenoxy) is 1. The SMILES string of the molecule is CCOC(=O)C[C@H](NC(=O)C(CC(C)C)n1cc(CCN2CCC2)c(C(F)(F)F)cc1=O)/C(C(F)=C(C)C)=C(\F)CC. The fourth-order valence-electron chi connectivity index (χ4n) is 4.78. The standard InChI is InChI=1S/C30H42F5N3O4/c1-7-22(31)27(28(32)19(5)6)23(16-26(40)42-8-2)36-29(41)24(14-18(3)4)38-17-20(10-13-37-11-9-12-37)21(15-25(38)39)30(33,34)35/h15,17-18,23-24H,7-14,16H2,1-6H3,(H,36,41)/b27-22+/t23-,24?/m0/s1. The van der Waals surface area contributed by atoms with Crippen LogP contribution in [0.1, 0.15) is 84.4 Å².